The Kier molecular flexibility index (Phi) is 4.00. The maximum atomic E-state index is 6.10. The van der Waals surface area contributed by atoms with Crippen LogP contribution in [0.5, 0.6) is 0 Å². The lowest BCUT2D eigenvalue weighted by atomic mass is 9.94. The molecule has 0 aromatic carbocycles. The van der Waals surface area contributed by atoms with E-state index < -0.39 is 0 Å². The second-order valence-electron chi connectivity index (χ2n) is 6.15. The quantitative estimate of drug-likeness (QED) is 0.887. The Labute approximate surface area is 128 Å². The van der Waals surface area contributed by atoms with Crippen LogP contribution in [0.15, 0.2) is 4.47 Å². The number of ether oxygens (including phenoxy) is 1. The lowest BCUT2D eigenvalue weighted by Gasteiger charge is -2.33. The van der Waals surface area contributed by atoms with Crippen molar-refractivity contribution in [1.29, 1.82) is 0 Å². The molecule has 1 aliphatic heterocycles. The van der Waals surface area contributed by atoms with Crippen LogP contribution in [0.3, 0.4) is 0 Å². The Balaban J connectivity index is 1.99. The zero-order valence-electron chi connectivity index (χ0n) is 12.0. The molecule has 0 bridgehead atoms. The summed E-state index contributed by atoms with van der Waals surface area (Å²) < 4.78 is 6.85. The van der Waals surface area contributed by atoms with E-state index in [0.29, 0.717) is 11.7 Å². The van der Waals surface area contributed by atoms with Gasteiger partial charge in [-0.2, -0.15) is 0 Å². The molecule has 2 heterocycles. The topological polar surface area (TPSA) is 61.0 Å². The second-order valence-corrected chi connectivity index (χ2v) is 6.94. The molecule has 2 N–H and O–H groups in total. The van der Waals surface area contributed by atoms with E-state index in [1.807, 2.05) is 0 Å². The van der Waals surface area contributed by atoms with Gasteiger partial charge in [0.15, 0.2) is 5.82 Å². The molecule has 1 saturated carbocycles. The highest BCUT2D eigenvalue weighted by Gasteiger charge is 2.35. The van der Waals surface area contributed by atoms with Gasteiger partial charge in [0.2, 0.25) is 0 Å². The van der Waals surface area contributed by atoms with Crippen LogP contribution in [0.25, 0.3) is 0 Å². The summed E-state index contributed by atoms with van der Waals surface area (Å²) in [6, 6.07) is 0. The van der Waals surface area contributed by atoms with Crippen molar-refractivity contribution in [3.8, 4) is 0 Å². The molecular weight excluding hydrogens is 318 g/mol. The Morgan fingerprint density at radius 2 is 1.95 bits per heavy atom. The smallest absolute Gasteiger partial charge is 0.162 e. The standard InChI is InChI=1S/C15H22BrN3O/c1-15(8-4-5-9-20-15)14-18-12(10-6-2-3-7-10)11(16)13(17)19-14/h10H,2-9H2,1H3,(H2,17,18,19). The third-order valence-corrected chi connectivity index (χ3v) is 5.40. The molecular formula is C15H22BrN3O. The Hall–Kier alpha value is -0.680. The summed E-state index contributed by atoms with van der Waals surface area (Å²) in [6.45, 7) is 2.88. The predicted molar refractivity (Wildman–Crippen MR) is 82.5 cm³/mol. The highest BCUT2D eigenvalue weighted by atomic mass is 79.9. The van der Waals surface area contributed by atoms with E-state index in [4.69, 9.17) is 15.5 Å². The first-order valence-electron chi connectivity index (χ1n) is 7.57. The highest BCUT2D eigenvalue weighted by molar-refractivity contribution is 9.10. The average molecular weight is 340 g/mol. The zero-order chi connectivity index (χ0) is 14.2. The molecule has 1 aliphatic carbocycles. The lowest BCUT2D eigenvalue weighted by molar-refractivity contribution is -0.0761. The van der Waals surface area contributed by atoms with Crippen LogP contribution in [0, 0.1) is 0 Å². The zero-order valence-corrected chi connectivity index (χ0v) is 13.6. The fourth-order valence-electron chi connectivity index (χ4n) is 3.30. The number of hydrogen-bond acceptors (Lipinski definition) is 4. The van der Waals surface area contributed by atoms with E-state index in [-0.39, 0.29) is 5.60 Å². The summed E-state index contributed by atoms with van der Waals surface area (Å²) in [7, 11) is 0. The minimum absolute atomic E-state index is 0.375. The van der Waals surface area contributed by atoms with Gasteiger partial charge in [-0.3, -0.25) is 0 Å². The third-order valence-electron chi connectivity index (χ3n) is 4.59. The van der Waals surface area contributed by atoms with E-state index in [0.717, 1.165) is 41.9 Å². The molecule has 5 heteroatoms. The van der Waals surface area contributed by atoms with E-state index in [1.165, 1.54) is 25.7 Å². The number of hydrogen-bond donors (Lipinski definition) is 1. The first kappa shape index (κ1) is 14.3. The molecule has 1 atom stereocenters. The molecule has 0 spiro atoms. The number of aromatic nitrogens is 2. The van der Waals surface area contributed by atoms with Gasteiger partial charge >= 0.3 is 0 Å². The van der Waals surface area contributed by atoms with E-state index in [2.05, 4.69) is 27.8 Å². The first-order chi connectivity index (χ1) is 9.60. The summed E-state index contributed by atoms with van der Waals surface area (Å²) in [5.41, 5.74) is 6.81. The van der Waals surface area contributed by atoms with Crippen LogP contribution < -0.4 is 5.73 Å². The van der Waals surface area contributed by atoms with Gasteiger partial charge < -0.3 is 10.5 Å². The van der Waals surface area contributed by atoms with Crippen molar-refractivity contribution in [2.45, 2.75) is 63.4 Å². The summed E-state index contributed by atoms with van der Waals surface area (Å²) >= 11 is 3.58. The van der Waals surface area contributed by atoms with Crippen LogP contribution in [-0.2, 0) is 10.3 Å². The van der Waals surface area contributed by atoms with Gasteiger partial charge in [-0.05, 0) is 55.0 Å². The minimum Gasteiger partial charge on any atom is -0.383 e. The van der Waals surface area contributed by atoms with Gasteiger partial charge in [0.25, 0.3) is 0 Å². The van der Waals surface area contributed by atoms with Crippen molar-refractivity contribution in [2.24, 2.45) is 0 Å². The number of anilines is 1. The summed E-state index contributed by atoms with van der Waals surface area (Å²) in [6.07, 6.45) is 8.22. The Morgan fingerprint density at radius 1 is 1.20 bits per heavy atom. The molecule has 2 aliphatic rings. The van der Waals surface area contributed by atoms with Gasteiger partial charge in [-0.15, -0.1) is 0 Å². The van der Waals surface area contributed by atoms with Crippen molar-refractivity contribution >= 4 is 21.7 Å². The molecule has 20 heavy (non-hydrogen) atoms. The van der Waals surface area contributed by atoms with Crippen molar-refractivity contribution in [1.82, 2.24) is 9.97 Å². The van der Waals surface area contributed by atoms with Gasteiger partial charge in [0, 0.05) is 12.5 Å². The molecule has 1 aromatic heterocycles. The molecule has 1 aromatic rings. The highest BCUT2D eigenvalue weighted by Crippen LogP contribution is 2.40. The normalized spacial score (nSPS) is 27.9. The van der Waals surface area contributed by atoms with Crippen molar-refractivity contribution in [3.05, 3.63) is 16.0 Å². The van der Waals surface area contributed by atoms with Crippen molar-refractivity contribution < 1.29 is 4.74 Å². The maximum Gasteiger partial charge on any atom is 0.162 e. The second kappa shape index (κ2) is 5.60. The van der Waals surface area contributed by atoms with Crippen LogP contribution in [-0.4, -0.2) is 16.6 Å². The van der Waals surface area contributed by atoms with Crippen LogP contribution in [0.4, 0.5) is 5.82 Å². The number of halogens is 1. The first-order valence-corrected chi connectivity index (χ1v) is 8.37. The van der Waals surface area contributed by atoms with E-state index in [9.17, 15) is 0 Å². The number of nitrogen functional groups attached to an aromatic ring is 1. The lowest BCUT2D eigenvalue weighted by Crippen LogP contribution is -2.33. The van der Waals surface area contributed by atoms with Gasteiger partial charge in [-0.25, -0.2) is 9.97 Å². The molecule has 3 rings (SSSR count). The van der Waals surface area contributed by atoms with Crippen molar-refractivity contribution in [3.63, 3.8) is 0 Å². The van der Waals surface area contributed by atoms with Gasteiger partial charge in [-0.1, -0.05) is 12.8 Å². The molecule has 2 fully saturated rings. The monoisotopic (exact) mass is 339 g/mol. The molecule has 1 unspecified atom stereocenters. The summed E-state index contributed by atoms with van der Waals surface area (Å²) in [4.78, 5) is 9.34. The fraction of sp³-hybridized carbons (Fsp3) is 0.733. The van der Waals surface area contributed by atoms with Gasteiger partial charge in [0.05, 0.1) is 10.2 Å². The maximum absolute atomic E-state index is 6.10. The predicted octanol–water partition coefficient (Wildman–Crippen LogP) is 3.89. The Bertz CT molecular complexity index is 494. The summed E-state index contributed by atoms with van der Waals surface area (Å²) in [5, 5.41) is 0. The van der Waals surface area contributed by atoms with Crippen molar-refractivity contribution in [2.75, 3.05) is 12.3 Å². The number of nitrogens with two attached hydrogens (primary N) is 1. The van der Waals surface area contributed by atoms with Crippen LogP contribution >= 0.6 is 15.9 Å². The fourth-order valence-corrected chi connectivity index (χ4v) is 3.80. The molecule has 110 valence electrons. The SMILES string of the molecule is CC1(c2nc(N)c(Br)c(C3CCCC3)n2)CCCCO1. The Morgan fingerprint density at radius 3 is 2.60 bits per heavy atom. The van der Waals surface area contributed by atoms with Gasteiger partial charge in [0.1, 0.15) is 11.4 Å². The number of rotatable bonds is 2. The average Bonchev–Trinajstić information content (AvgIpc) is 2.96. The minimum atomic E-state index is -0.375. The third kappa shape index (κ3) is 2.58. The number of nitrogens with zero attached hydrogens (tertiary/aromatic N) is 2. The molecule has 0 radical (unpaired) electrons. The van der Waals surface area contributed by atoms with E-state index in [1.54, 1.807) is 0 Å². The largest absolute Gasteiger partial charge is 0.383 e. The van der Waals surface area contributed by atoms with Crippen LogP contribution in [0.1, 0.15) is 69.3 Å². The summed E-state index contributed by atoms with van der Waals surface area (Å²) in [5.74, 6) is 1.83. The molecule has 4 nitrogen and oxygen atoms in total. The molecule has 0 amide bonds. The molecule has 1 saturated heterocycles. The van der Waals surface area contributed by atoms with E-state index >= 15 is 0 Å². The van der Waals surface area contributed by atoms with Crippen LogP contribution in [0.2, 0.25) is 0 Å².